The molecule has 1 heterocycles. The van der Waals surface area contributed by atoms with E-state index in [9.17, 15) is 15.0 Å². The van der Waals surface area contributed by atoms with Gasteiger partial charge in [0.15, 0.2) is 0 Å². The van der Waals surface area contributed by atoms with E-state index in [1.54, 1.807) is 0 Å². The summed E-state index contributed by atoms with van der Waals surface area (Å²) in [6.45, 7) is 9.58. The van der Waals surface area contributed by atoms with Gasteiger partial charge >= 0.3 is 5.97 Å². The van der Waals surface area contributed by atoms with Crippen molar-refractivity contribution in [1.82, 2.24) is 0 Å². The van der Waals surface area contributed by atoms with Crippen LogP contribution in [0.2, 0.25) is 0 Å². The van der Waals surface area contributed by atoms with Crippen LogP contribution in [0.5, 0.6) is 0 Å². The topological polar surface area (TPSA) is 66.8 Å². The first kappa shape index (κ1) is 12.9. The quantitative estimate of drug-likeness (QED) is 0.392. The zero-order valence-corrected chi connectivity index (χ0v) is 11.1. The van der Waals surface area contributed by atoms with E-state index in [-0.39, 0.29) is 29.8 Å². The third-order valence-corrected chi connectivity index (χ3v) is 5.23. The summed E-state index contributed by atoms with van der Waals surface area (Å²) in [6.07, 6.45) is 0.837. The van der Waals surface area contributed by atoms with Crippen molar-refractivity contribution >= 4 is 5.97 Å². The molecule has 0 aromatic heterocycles. The van der Waals surface area contributed by atoms with Crippen LogP contribution in [0.1, 0.15) is 26.2 Å². The summed E-state index contributed by atoms with van der Waals surface area (Å²) in [4.78, 5) is 11.7. The van der Waals surface area contributed by atoms with Gasteiger partial charge in [-0.3, -0.25) is 0 Å². The maximum absolute atomic E-state index is 11.7. The van der Waals surface area contributed by atoms with E-state index < -0.39 is 11.7 Å². The first-order valence-electron chi connectivity index (χ1n) is 6.82. The zero-order valence-electron chi connectivity index (χ0n) is 11.1. The van der Waals surface area contributed by atoms with Gasteiger partial charge in [-0.1, -0.05) is 13.2 Å². The molecule has 1 aliphatic heterocycles. The zero-order chi connectivity index (χ0) is 13.9. The molecule has 6 atom stereocenters. The SMILES string of the molecule is C=C1C(=O)O[C@H]2C1CC[C@@](C)(O)[C@@H]1C[C@H](O)C(=C)[C@@H]12. The summed E-state index contributed by atoms with van der Waals surface area (Å²) >= 11 is 0. The number of carbonyl (C=O) groups excluding carboxylic acids is 1. The van der Waals surface area contributed by atoms with Crippen molar-refractivity contribution in [2.45, 2.75) is 44.0 Å². The van der Waals surface area contributed by atoms with Crippen LogP contribution in [0, 0.1) is 17.8 Å². The Bertz CT molecular complexity index is 465. The van der Waals surface area contributed by atoms with Crippen LogP contribution in [0.4, 0.5) is 0 Å². The Labute approximate surface area is 112 Å². The third kappa shape index (κ3) is 1.70. The summed E-state index contributed by atoms with van der Waals surface area (Å²) < 4.78 is 5.46. The van der Waals surface area contributed by atoms with Gasteiger partial charge in [0, 0.05) is 23.3 Å². The first-order chi connectivity index (χ1) is 8.83. The van der Waals surface area contributed by atoms with Gasteiger partial charge in [0.1, 0.15) is 6.10 Å². The summed E-state index contributed by atoms with van der Waals surface area (Å²) in [5.41, 5.74) is 0.322. The van der Waals surface area contributed by atoms with Crippen LogP contribution in [0.15, 0.2) is 24.3 Å². The molecule has 3 fully saturated rings. The number of esters is 1. The van der Waals surface area contributed by atoms with Crippen molar-refractivity contribution in [3.05, 3.63) is 24.3 Å². The summed E-state index contributed by atoms with van der Waals surface area (Å²) in [5, 5.41) is 20.7. The van der Waals surface area contributed by atoms with Crippen LogP contribution >= 0.6 is 0 Å². The summed E-state index contributed by atoms with van der Waals surface area (Å²) in [6, 6.07) is 0. The minimum absolute atomic E-state index is 0.0592. The highest BCUT2D eigenvalue weighted by Gasteiger charge is 2.57. The van der Waals surface area contributed by atoms with Crippen molar-refractivity contribution in [3.8, 4) is 0 Å². The molecule has 0 aromatic carbocycles. The van der Waals surface area contributed by atoms with E-state index in [2.05, 4.69) is 13.2 Å². The lowest BCUT2D eigenvalue weighted by molar-refractivity contribution is -0.142. The fourth-order valence-electron chi connectivity index (χ4n) is 4.03. The molecule has 3 aliphatic rings. The molecule has 2 aliphatic carbocycles. The molecule has 0 aromatic rings. The minimum atomic E-state index is -0.859. The monoisotopic (exact) mass is 264 g/mol. The average molecular weight is 264 g/mol. The molecule has 0 radical (unpaired) electrons. The molecule has 0 bridgehead atoms. The van der Waals surface area contributed by atoms with Gasteiger partial charge < -0.3 is 14.9 Å². The fraction of sp³-hybridized carbons (Fsp3) is 0.667. The standard InChI is InChI=1S/C15H20O4/c1-7-9-4-5-15(3,18)10-6-11(16)8(2)12(10)13(9)19-14(7)17/h9-13,16,18H,1-2,4-6H2,3H3/t9?,10-,11+,12+,13+,15-/m1/s1. The van der Waals surface area contributed by atoms with E-state index in [1.807, 2.05) is 6.92 Å². The maximum atomic E-state index is 11.7. The summed E-state index contributed by atoms with van der Waals surface area (Å²) in [7, 11) is 0. The second-order valence-electron chi connectivity index (χ2n) is 6.36. The Morgan fingerprint density at radius 3 is 2.79 bits per heavy atom. The molecular weight excluding hydrogens is 244 g/mol. The minimum Gasteiger partial charge on any atom is -0.458 e. The molecule has 3 rings (SSSR count). The second kappa shape index (κ2) is 3.93. The largest absolute Gasteiger partial charge is 0.458 e. The van der Waals surface area contributed by atoms with Crippen LogP contribution in [-0.2, 0) is 9.53 Å². The lowest BCUT2D eigenvalue weighted by Crippen LogP contribution is -2.39. The van der Waals surface area contributed by atoms with Crippen LogP contribution < -0.4 is 0 Å². The van der Waals surface area contributed by atoms with Gasteiger partial charge in [-0.2, -0.15) is 0 Å². The number of carbonyl (C=O) groups is 1. The van der Waals surface area contributed by atoms with E-state index in [4.69, 9.17) is 4.74 Å². The van der Waals surface area contributed by atoms with Crippen molar-refractivity contribution in [2.24, 2.45) is 17.8 Å². The first-order valence-corrected chi connectivity index (χ1v) is 6.82. The Kier molecular flexibility index (Phi) is 2.67. The Hall–Kier alpha value is -1.13. The Morgan fingerprint density at radius 2 is 2.11 bits per heavy atom. The number of hydrogen-bond donors (Lipinski definition) is 2. The third-order valence-electron chi connectivity index (χ3n) is 5.23. The normalized spacial score (nSPS) is 49.6. The number of aliphatic hydroxyl groups excluding tert-OH is 1. The van der Waals surface area contributed by atoms with E-state index in [0.29, 0.717) is 30.4 Å². The molecule has 104 valence electrons. The van der Waals surface area contributed by atoms with Crippen LogP contribution in [0.25, 0.3) is 0 Å². The van der Waals surface area contributed by atoms with Crippen LogP contribution in [0.3, 0.4) is 0 Å². The highest BCUT2D eigenvalue weighted by molar-refractivity contribution is 5.90. The lowest BCUT2D eigenvalue weighted by Gasteiger charge is -2.33. The Morgan fingerprint density at radius 1 is 1.42 bits per heavy atom. The molecular formula is C15H20O4. The molecule has 4 heteroatoms. The molecule has 19 heavy (non-hydrogen) atoms. The van der Waals surface area contributed by atoms with Crippen molar-refractivity contribution < 1.29 is 19.7 Å². The van der Waals surface area contributed by atoms with Crippen molar-refractivity contribution in [3.63, 3.8) is 0 Å². The number of hydrogen-bond acceptors (Lipinski definition) is 4. The second-order valence-corrected chi connectivity index (χ2v) is 6.36. The van der Waals surface area contributed by atoms with Crippen molar-refractivity contribution in [1.29, 1.82) is 0 Å². The molecule has 2 N–H and O–H groups in total. The number of aliphatic hydroxyl groups is 2. The molecule has 1 unspecified atom stereocenters. The van der Waals surface area contributed by atoms with Gasteiger partial charge in [0.2, 0.25) is 0 Å². The highest BCUT2D eigenvalue weighted by Crippen LogP contribution is 2.53. The van der Waals surface area contributed by atoms with Gasteiger partial charge in [0.25, 0.3) is 0 Å². The number of ether oxygens (including phenoxy) is 1. The van der Waals surface area contributed by atoms with Crippen LogP contribution in [-0.4, -0.2) is 34.0 Å². The maximum Gasteiger partial charge on any atom is 0.334 e. The highest BCUT2D eigenvalue weighted by atomic mass is 16.6. The van der Waals surface area contributed by atoms with Gasteiger partial charge in [0.05, 0.1) is 11.7 Å². The smallest absolute Gasteiger partial charge is 0.334 e. The Balaban J connectivity index is 2.03. The van der Waals surface area contributed by atoms with Gasteiger partial charge in [-0.05, 0) is 31.8 Å². The van der Waals surface area contributed by atoms with Crippen molar-refractivity contribution in [2.75, 3.05) is 0 Å². The van der Waals surface area contributed by atoms with E-state index in [1.165, 1.54) is 0 Å². The fourth-order valence-corrected chi connectivity index (χ4v) is 4.03. The number of rotatable bonds is 0. The molecule has 0 amide bonds. The van der Waals surface area contributed by atoms with Gasteiger partial charge in [-0.25, -0.2) is 4.79 Å². The molecule has 4 nitrogen and oxygen atoms in total. The number of fused-ring (bicyclic) bond motifs is 3. The van der Waals surface area contributed by atoms with E-state index in [0.717, 1.165) is 0 Å². The predicted molar refractivity (Wildman–Crippen MR) is 69.1 cm³/mol. The lowest BCUT2D eigenvalue weighted by atomic mass is 9.78. The molecule has 0 spiro atoms. The average Bonchev–Trinajstić information content (AvgIpc) is 2.74. The molecule has 2 saturated carbocycles. The van der Waals surface area contributed by atoms with E-state index >= 15 is 0 Å². The predicted octanol–water partition coefficient (Wildman–Crippen LogP) is 1.18. The molecule has 1 saturated heterocycles. The summed E-state index contributed by atoms with van der Waals surface area (Å²) in [5.74, 6) is -0.676. The van der Waals surface area contributed by atoms with Gasteiger partial charge in [-0.15, -0.1) is 0 Å².